The number of phenols is 1. The van der Waals surface area contributed by atoms with Gasteiger partial charge in [0.15, 0.2) is 0 Å². The van der Waals surface area contributed by atoms with Crippen molar-refractivity contribution < 1.29 is 5.11 Å². The van der Waals surface area contributed by atoms with E-state index in [1.54, 1.807) is 0 Å². The molecule has 1 aromatic rings. The molecule has 0 saturated carbocycles. The van der Waals surface area contributed by atoms with Crippen LogP contribution >= 0.6 is 31.9 Å². The van der Waals surface area contributed by atoms with Gasteiger partial charge in [-0.3, -0.25) is 0 Å². The summed E-state index contributed by atoms with van der Waals surface area (Å²) in [5.74, 6) is 2.88. The molecule has 1 rings (SSSR count). The fourth-order valence-electron chi connectivity index (χ4n) is 1.70. The maximum atomic E-state index is 9.85. The van der Waals surface area contributed by atoms with E-state index in [9.17, 15) is 5.11 Å². The van der Waals surface area contributed by atoms with Gasteiger partial charge in [-0.2, -0.15) is 0 Å². The van der Waals surface area contributed by atoms with Gasteiger partial charge in [-0.25, -0.2) is 0 Å². The normalized spacial score (nSPS) is 10.8. The fourth-order valence-corrected chi connectivity index (χ4v) is 3.24. The molecule has 0 aliphatic carbocycles. The molecule has 0 unspecified atom stereocenters. The zero-order valence-electron chi connectivity index (χ0n) is 10.3. The van der Waals surface area contributed by atoms with Crippen LogP contribution in [-0.2, 0) is 6.42 Å². The molecule has 0 spiro atoms. The van der Waals surface area contributed by atoms with Crippen LogP contribution in [0.2, 0.25) is 0 Å². The summed E-state index contributed by atoms with van der Waals surface area (Å²) in [4.78, 5) is 0. The number of halogens is 2. The third kappa shape index (κ3) is 4.19. The summed E-state index contributed by atoms with van der Waals surface area (Å²) in [5.41, 5.74) is 2.32. The topological polar surface area (TPSA) is 20.2 Å². The number of benzene rings is 1. The van der Waals surface area contributed by atoms with Crippen molar-refractivity contribution >= 4 is 31.9 Å². The zero-order valence-corrected chi connectivity index (χ0v) is 13.5. The van der Waals surface area contributed by atoms with Crippen molar-refractivity contribution in [2.24, 2.45) is 0 Å². The van der Waals surface area contributed by atoms with Crippen molar-refractivity contribution in [1.29, 1.82) is 0 Å². The number of terminal acetylenes is 1. The molecule has 96 valence electrons. The number of allylic oxidation sites excluding steroid dienone is 2. The molecule has 0 atom stereocenters. The van der Waals surface area contributed by atoms with E-state index in [2.05, 4.69) is 49.9 Å². The average Bonchev–Trinajstić information content (AvgIpc) is 2.34. The molecule has 0 bridgehead atoms. The van der Waals surface area contributed by atoms with Crippen LogP contribution in [0.25, 0.3) is 0 Å². The van der Waals surface area contributed by atoms with Crippen LogP contribution in [0.5, 0.6) is 5.75 Å². The monoisotopic (exact) mass is 370 g/mol. The van der Waals surface area contributed by atoms with Gasteiger partial charge in [-0.15, -0.1) is 12.3 Å². The van der Waals surface area contributed by atoms with E-state index >= 15 is 0 Å². The molecule has 18 heavy (non-hydrogen) atoms. The first-order valence-corrected chi connectivity index (χ1v) is 7.41. The van der Waals surface area contributed by atoms with Gasteiger partial charge in [0.2, 0.25) is 0 Å². The van der Waals surface area contributed by atoms with Crippen molar-refractivity contribution in [1.82, 2.24) is 0 Å². The maximum Gasteiger partial charge on any atom is 0.144 e. The van der Waals surface area contributed by atoms with Gasteiger partial charge >= 0.3 is 0 Å². The van der Waals surface area contributed by atoms with Crippen LogP contribution in [0.3, 0.4) is 0 Å². The van der Waals surface area contributed by atoms with Crippen LogP contribution in [-0.4, -0.2) is 5.11 Å². The van der Waals surface area contributed by atoms with Crippen molar-refractivity contribution in [3.8, 4) is 18.1 Å². The second-order valence-corrected chi connectivity index (χ2v) is 5.72. The zero-order chi connectivity index (χ0) is 13.5. The van der Waals surface area contributed by atoms with Crippen LogP contribution in [0.15, 0.2) is 27.2 Å². The Kier molecular flexibility index (Phi) is 6.52. The van der Waals surface area contributed by atoms with E-state index in [4.69, 9.17) is 6.42 Å². The Bertz CT molecular complexity index is 484. The van der Waals surface area contributed by atoms with E-state index in [-0.39, 0.29) is 5.75 Å². The van der Waals surface area contributed by atoms with Gasteiger partial charge in [-0.1, -0.05) is 12.2 Å². The minimum atomic E-state index is 0.270. The van der Waals surface area contributed by atoms with Gasteiger partial charge in [0, 0.05) is 6.42 Å². The summed E-state index contributed by atoms with van der Waals surface area (Å²) in [6.07, 6.45) is 13.0. The molecule has 0 radical (unpaired) electrons. The minimum Gasteiger partial charge on any atom is -0.506 e. The molecule has 3 heteroatoms. The number of aryl methyl sites for hydroxylation is 1. The number of aromatic hydroxyl groups is 1. The summed E-state index contributed by atoms with van der Waals surface area (Å²) >= 11 is 6.77. The van der Waals surface area contributed by atoms with Crippen molar-refractivity contribution in [2.75, 3.05) is 0 Å². The van der Waals surface area contributed by atoms with Crippen molar-refractivity contribution in [3.05, 3.63) is 38.3 Å². The Balaban J connectivity index is 2.66. The highest BCUT2D eigenvalue weighted by Gasteiger charge is 2.11. The van der Waals surface area contributed by atoms with E-state index < -0.39 is 0 Å². The van der Waals surface area contributed by atoms with Gasteiger partial charge in [-0.05, 0) is 75.2 Å². The Morgan fingerprint density at radius 3 is 2.67 bits per heavy atom. The summed E-state index contributed by atoms with van der Waals surface area (Å²) in [6.45, 7) is 2.05. The molecule has 0 heterocycles. The quantitative estimate of drug-likeness (QED) is 0.432. The van der Waals surface area contributed by atoms with Gasteiger partial charge < -0.3 is 5.11 Å². The molecule has 1 N–H and O–H groups in total. The maximum absolute atomic E-state index is 9.85. The first-order chi connectivity index (χ1) is 8.57. The highest BCUT2D eigenvalue weighted by Crippen LogP contribution is 2.37. The highest BCUT2D eigenvalue weighted by atomic mass is 79.9. The van der Waals surface area contributed by atoms with E-state index in [0.717, 1.165) is 40.2 Å². The molecule has 0 saturated heterocycles. The number of unbranched alkanes of at least 4 members (excludes halogenated alkanes) is 1. The Labute approximate surface area is 126 Å². The highest BCUT2D eigenvalue weighted by molar-refractivity contribution is 9.11. The first kappa shape index (κ1) is 15.3. The molecular formula is C15H16Br2O. The predicted octanol–water partition coefficient (Wildman–Crippen LogP) is 5.13. The molecule has 1 nitrogen and oxygen atoms in total. The Morgan fingerprint density at radius 2 is 2.00 bits per heavy atom. The molecule has 0 aliphatic heterocycles. The first-order valence-electron chi connectivity index (χ1n) is 5.82. The van der Waals surface area contributed by atoms with E-state index in [1.807, 2.05) is 13.0 Å². The van der Waals surface area contributed by atoms with E-state index in [0.29, 0.717) is 0 Å². The van der Waals surface area contributed by atoms with Crippen LogP contribution in [0.4, 0.5) is 0 Å². The lowest BCUT2D eigenvalue weighted by Gasteiger charge is -2.10. The van der Waals surface area contributed by atoms with Crippen molar-refractivity contribution in [2.45, 2.75) is 32.6 Å². The molecule has 1 aromatic carbocycles. The largest absolute Gasteiger partial charge is 0.506 e. The number of hydrogen-bond acceptors (Lipinski definition) is 1. The summed E-state index contributed by atoms with van der Waals surface area (Å²) in [6, 6.07) is 1.94. The van der Waals surface area contributed by atoms with Crippen molar-refractivity contribution in [3.63, 3.8) is 0 Å². The second kappa shape index (κ2) is 7.66. The van der Waals surface area contributed by atoms with Crippen LogP contribution in [0.1, 0.15) is 30.4 Å². The lowest BCUT2D eigenvalue weighted by atomic mass is 10.0. The van der Waals surface area contributed by atoms with Crippen LogP contribution in [0, 0.1) is 19.3 Å². The standard InChI is InChI=1S/C15H16Br2O/c1-3-4-5-6-7-8-9-12-11(2)10-13(16)15(18)14(12)17/h1,6-7,10,18H,4-5,8-9H2,2H3. The summed E-state index contributed by atoms with van der Waals surface area (Å²) in [5, 5.41) is 9.85. The Morgan fingerprint density at radius 1 is 1.33 bits per heavy atom. The molecule has 0 fully saturated rings. The minimum absolute atomic E-state index is 0.270. The predicted molar refractivity (Wildman–Crippen MR) is 83.8 cm³/mol. The van der Waals surface area contributed by atoms with Gasteiger partial charge in [0.1, 0.15) is 5.75 Å². The molecular weight excluding hydrogens is 356 g/mol. The van der Waals surface area contributed by atoms with E-state index in [1.165, 1.54) is 5.56 Å². The fraction of sp³-hybridized carbons (Fsp3) is 0.333. The smallest absolute Gasteiger partial charge is 0.144 e. The van der Waals surface area contributed by atoms with Gasteiger partial charge in [0.05, 0.1) is 8.95 Å². The molecule has 0 aliphatic rings. The third-order valence-electron chi connectivity index (χ3n) is 2.70. The summed E-state index contributed by atoms with van der Waals surface area (Å²) < 4.78 is 1.51. The average molecular weight is 372 g/mol. The third-order valence-corrected chi connectivity index (χ3v) is 4.16. The number of rotatable bonds is 5. The van der Waals surface area contributed by atoms with Crippen LogP contribution < -0.4 is 0 Å². The SMILES string of the molecule is C#CCCC=CCCc1c(C)cc(Br)c(O)c1Br. The lowest BCUT2D eigenvalue weighted by molar-refractivity contribution is 0.467. The molecule has 0 aromatic heterocycles. The molecule has 0 amide bonds. The van der Waals surface area contributed by atoms with Gasteiger partial charge in [0.25, 0.3) is 0 Å². The summed E-state index contributed by atoms with van der Waals surface area (Å²) in [7, 11) is 0. The lowest BCUT2D eigenvalue weighted by Crippen LogP contribution is -1.92. The number of phenolic OH excluding ortho intramolecular Hbond substituents is 1. The Hall–Kier alpha value is -0.720. The number of hydrogen-bond donors (Lipinski definition) is 1. The second-order valence-electron chi connectivity index (χ2n) is 4.07.